The van der Waals surface area contributed by atoms with Crippen LogP contribution in [0.25, 0.3) is 0 Å². The molecule has 0 fully saturated rings. The van der Waals surface area contributed by atoms with Gasteiger partial charge in [-0.15, -0.1) is 0 Å². The fraction of sp³-hybridized carbons (Fsp3) is 0.615. The first-order chi connectivity index (χ1) is 8.99. The molecule has 1 heterocycles. The van der Waals surface area contributed by atoms with Crippen molar-refractivity contribution >= 4 is 17.5 Å². The van der Waals surface area contributed by atoms with Crippen molar-refractivity contribution in [1.29, 1.82) is 0 Å². The quantitative estimate of drug-likeness (QED) is 0.649. The molecule has 0 radical (unpaired) electrons. The van der Waals surface area contributed by atoms with E-state index in [-0.39, 0.29) is 17.9 Å². The highest BCUT2D eigenvalue weighted by Gasteiger charge is 2.14. The number of hydrogen-bond acceptors (Lipinski definition) is 6. The predicted octanol–water partition coefficient (Wildman–Crippen LogP) is 1.65. The summed E-state index contributed by atoms with van der Waals surface area (Å²) in [4.78, 5) is 20.0. The minimum absolute atomic E-state index is 0.0404. The maximum absolute atomic E-state index is 11.5. The number of carbonyl (C=O) groups excluding carboxylic acids is 1. The van der Waals surface area contributed by atoms with E-state index in [0.717, 1.165) is 6.42 Å². The molecule has 1 aromatic heterocycles. The summed E-state index contributed by atoms with van der Waals surface area (Å²) < 4.78 is 0. The number of carbonyl (C=O) groups is 1. The Hall–Kier alpha value is -1.69. The largest absolute Gasteiger partial charge is 0.370 e. The second-order valence-electron chi connectivity index (χ2n) is 4.55. The zero-order valence-corrected chi connectivity index (χ0v) is 12.0. The SMILES string of the molecule is CCNc1nc(N[C@H](C)[C@@H](N)CC)ncc1C(C)=O. The number of rotatable bonds is 7. The van der Waals surface area contributed by atoms with Gasteiger partial charge in [-0.3, -0.25) is 4.79 Å². The number of hydrogen-bond donors (Lipinski definition) is 3. The van der Waals surface area contributed by atoms with Crippen molar-refractivity contribution in [3.63, 3.8) is 0 Å². The lowest BCUT2D eigenvalue weighted by molar-refractivity contribution is 0.101. The molecule has 1 aromatic rings. The first-order valence-electron chi connectivity index (χ1n) is 6.63. The normalized spacial score (nSPS) is 13.7. The lowest BCUT2D eigenvalue weighted by atomic mass is 10.1. The van der Waals surface area contributed by atoms with Crippen LogP contribution >= 0.6 is 0 Å². The van der Waals surface area contributed by atoms with Crippen LogP contribution in [0.2, 0.25) is 0 Å². The van der Waals surface area contributed by atoms with Crippen LogP contribution in [0.1, 0.15) is 44.5 Å². The summed E-state index contributed by atoms with van der Waals surface area (Å²) in [5.41, 5.74) is 6.45. The van der Waals surface area contributed by atoms with E-state index in [9.17, 15) is 4.79 Å². The molecule has 0 saturated heterocycles. The molecule has 4 N–H and O–H groups in total. The van der Waals surface area contributed by atoms with Gasteiger partial charge in [0.15, 0.2) is 5.78 Å². The smallest absolute Gasteiger partial charge is 0.224 e. The molecule has 19 heavy (non-hydrogen) atoms. The Labute approximate surface area is 114 Å². The van der Waals surface area contributed by atoms with Crippen LogP contribution in [-0.2, 0) is 0 Å². The zero-order valence-electron chi connectivity index (χ0n) is 12.0. The van der Waals surface area contributed by atoms with Crippen molar-refractivity contribution in [2.75, 3.05) is 17.2 Å². The first kappa shape index (κ1) is 15.4. The van der Waals surface area contributed by atoms with Crippen LogP contribution < -0.4 is 16.4 Å². The third-order valence-corrected chi connectivity index (χ3v) is 2.98. The summed E-state index contributed by atoms with van der Waals surface area (Å²) in [5.74, 6) is 0.989. The summed E-state index contributed by atoms with van der Waals surface area (Å²) in [6, 6.07) is 0.112. The van der Waals surface area contributed by atoms with E-state index in [2.05, 4.69) is 20.6 Å². The third kappa shape index (κ3) is 4.17. The molecule has 0 bridgehead atoms. The second kappa shape index (κ2) is 7.04. The van der Waals surface area contributed by atoms with Gasteiger partial charge in [0.2, 0.25) is 5.95 Å². The lowest BCUT2D eigenvalue weighted by Crippen LogP contribution is -2.37. The van der Waals surface area contributed by atoms with Crippen LogP contribution in [0, 0.1) is 0 Å². The summed E-state index contributed by atoms with van der Waals surface area (Å²) >= 11 is 0. The van der Waals surface area contributed by atoms with Gasteiger partial charge < -0.3 is 16.4 Å². The number of aromatic nitrogens is 2. The summed E-state index contributed by atoms with van der Waals surface area (Å²) in [5, 5.41) is 6.23. The fourth-order valence-electron chi connectivity index (χ4n) is 1.68. The average Bonchev–Trinajstić information content (AvgIpc) is 2.38. The van der Waals surface area contributed by atoms with Crippen LogP contribution in [-0.4, -0.2) is 34.4 Å². The van der Waals surface area contributed by atoms with E-state index in [1.807, 2.05) is 20.8 Å². The molecule has 0 aromatic carbocycles. The van der Waals surface area contributed by atoms with E-state index < -0.39 is 0 Å². The van der Waals surface area contributed by atoms with E-state index in [1.54, 1.807) is 6.20 Å². The molecule has 0 amide bonds. The lowest BCUT2D eigenvalue weighted by Gasteiger charge is -2.20. The van der Waals surface area contributed by atoms with Crippen LogP contribution in [0.15, 0.2) is 6.20 Å². The van der Waals surface area contributed by atoms with Crippen molar-refractivity contribution in [2.45, 2.75) is 46.2 Å². The van der Waals surface area contributed by atoms with Gasteiger partial charge in [-0.25, -0.2) is 4.98 Å². The minimum Gasteiger partial charge on any atom is -0.370 e. The Morgan fingerprint density at radius 3 is 2.68 bits per heavy atom. The van der Waals surface area contributed by atoms with Crippen molar-refractivity contribution in [1.82, 2.24) is 9.97 Å². The van der Waals surface area contributed by atoms with Gasteiger partial charge in [0.05, 0.1) is 5.56 Å². The molecule has 0 spiro atoms. The Balaban J connectivity index is 2.92. The van der Waals surface area contributed by atoms with Gasteiger partial charge in [-0.2, -0.15) is 4.98 Å². The summed E-state index contributed by atoms with van der Waals surface area (Å²) in [6.07, 6.45) is 2.42. The molecule has 106 valence electrons. The Morgan fingerprint density at radius 1 is 1.47 bits per heavy atom. The molecule has 6 heteroatoms. The maximum atomic E-state index is 11.5. The fourth-order valence-corrected chi connectivity index (χ4v) is 1.68. The third-order valence-electron chi connectivity index (χ3n) is 2.98. The van der Waals surface area contributed by atoms with Gasteiger partial charge in [-0.1, -0.05) is 6.92 Å². The molecule has 0 unspecified atom stereocenters. The van der Waals surface area contributed by atoms with E-state index in [1.165, 1.54) is 6.92 Å². The van der Waals surface area contributed by atoms with Gasteiger partial charge in [0.1, 0.15) is 5.82 Å². The Kier molecular flexibility index (Phi) is 5.69. The number of nitrogens with zero attached hydrogens (tertiary/aromatic N) is 2. The predicted molar refractivity (Wildman–Crippen MR) is 77.6 cm³/mol. The highest BCUT2D eigenvalue weighted by atomic mass is 16.1. The van der Waals surface area contributed by atoms with Crippen LogP contribution in [0.4, 0.5) is 11.8 Å². The number of nitrogens with one attached hydrogen (secondary N) is 2. The monoisotopic (exact) mass is 265 g/mol. The number of Topliss-reactive ketones (excluding diaryl/α,β-unsaturated/α-hetero) is 1. The minimum atomic E-state index is -0.0548. The van der Waals surface area contributed by atoms with Gasteiger partial charge in [0, 0.05) is 24.8 Å². The Morgan fingerprint density at radius 2 is 2.16 bits per heavy atom. The van der Waals surface area contributed by atoms with Crippen molar-refractivity contribution in [3.8, 4) is 0 Å². The van der Waals surface area contributed by atoms with Crippen molar-refractivity contribution in [2.24, 2.45) is 5.73 Å². The van der Waals surface area contributed by atoms with Crippen LogP contribution in [0.3, 0.4) is 0 Å². The van der Waals surface area contributed by atoms with Gasteiger partial charge in [-0.05, 0) is 27.2 Å². The van der Waals surface area contributed by atoms with E-state index in [4.69, 9.17) is 5.73 Å². The molecular weight excluding hydrogens is 242 g/mol. The Bertz CT molecular complexity index is 435. The van der Waals surface area contributed by atoms with E-state index in [0.29, 0.717) is 23.9 Å². The highest BCUT2D eigenvalue weighted by Crippen LogP contribution is 2.15. The zero-order chi connectivity index (χ0) is 14.4. The molecule has 6 nitrogen and oxygen atoms in total. The van der Waals surface area contributed by atoms with Crippen LogP contribution in [0.5, 0.6) is 0 Å². The van der Waals surface area contributed by atoms with Gasteiger partial charge in [0.25, 0.3) is 0 Å². The molecule has 0 saturated carbocycles. The molecule has 2 atom stereocenters. The number of anilines is 2. The topological polar surface area (TPSA) is 92.9 Å². The van der Waals surface area contributed by atoms with E-state index >= 15 is 0 Å². The van der Waals surface area contributed by atoms with Crippen molar-refractivity contribution < 1.29 is 4.79 Å². The molecule has 0 aliphatic carbocycles. The second-order valence-corrected chi connectivity index (χ2v) is 4.55. The standard InChI is InChI=1S/C13H23N5O/c1-5-11(14)8(3)17-13-16-7-10(9(4)19)12(18-13)15-6-2/h7-8,11H,5-6,14H2,1-4H3,(H2,15,16,17,18)/t8-,11+/m1/s1. The molecule has 0 aliphatic rings. The molecular formula is C13H23N5O. The summed E-state index contributed by atoms with van der Waals surface area (Å²) in [7, 11) is 0. The van der Waals surface area contributed by atoms with Gasteiger partial charge >= 0.3 is 0 Å². The first-order valence-corrected chi connectivity index (χ1v) is 6.63. The molecule has 0 aliphatic heterocycles. The highest BCUT2D eigenvalue weighted by molar-refractivity contribution is 5.98. The number of ketones is 1. The maximum Gasteiger partial charge on any atom is 0.224 e. The average molecular weight is 265 g/mol. The molecule has 1 rings (SSSR count). The van der Waals surface area contributed by atoms with Crippen molar-refractivity contribution in [3.05, 3.63) is 11.8 Å². The summed E-state index contributed by atoms with van der Waals surface area (Å²) in [6.45, 7) is 8.17. The number of nitrogens with two attached hydrogens (primary N) is 1.